The zero-order valence-corrected chi connectivity index (χ0v) is 10.9. The summed E-state index contributed by atoms with van der Waals surface area (Å²) in [5, 5.41) is 2.63. The molecule has 1 aromatic heterocycles. The first-order chi connectivity index (χ1) is 9.27. The van der Waals surface area contributed by atoms with Crippen molar-refractivity contribution in [1.29, 1.82) is 0 Å². The maximum atomic E-state index is 13.5. The molecule has 0 aliphatic heterocycles. The minimum Gasteiger partial charge on any atom is -0.368 e. The number of hydrogen-bond donors (Lipinski definition) is 1. The maximum absolute atomic E-state index is 13.5. The smallest absolute Gasteiger partial charge is 0.330 e. The van der Waals surface area contributed by atoms with Gasteiger partial charge >= 0.3 is 12.3 Å². The lowest BCUT2D eigenvalue weighted by molar-refractivity contribution is -0.168. The van der Waals surface area contributed by atoms with Gasteiger partial charge in [-0.1, -0.05) is 0 Å². The third-order valence-corrected chi connectivity index (χ3v) is 2.25. The van der Waals surface area contributed by atoms with Gasteiger partial charge in [-0.25, -0.2) is 23.1 Å². The van der Waals surface area contributed by atoms with Gasteiger partial charge in [0.25, 0.3) is 0 Å². The maximum Gasteiger partial charge on any atom is 0.330 e. The average molecular weight is 299 g/mol. The fraction of sp³-hybridized carbons (Fsp3) is 0.636. The zero-order valence-electron chi connectivity index (χ0n) is 10.9. The Hall–Kier alpha value is -1.51. The summed E-state index contributed by atoms with van der Waals surface area (Å²) in [6.07, 6.45) is -3.81. The van der Waals surface area contributed by atoms with Gasteiger partial charge in [0, 0.05) is 6.54 Å². The van der Waals surface area contributed by atoms with Crippen LogP contribution in [-0.2, 0) is 11.3 Å². The standard InChI is InChI=1S/C11H14F5N3O/c1-3-17-9-8(12)6(2)18-7(19-9)4-20-5-11(15,16)10(13)14/h10H,3-5H2,1-2H3,(H,17,18,19). The van der Waals surface area contributed by atoms with Gasteiger partial charge in [0.05, 0.1) is 5.69 Å². The van der Waals surface area contributed by atoms with Crippen molar-refractivity contribution < 1.29 is 26.7 Å². The van der Waals surface area contributed by atoms with Crippen LogP contribution in [0.4, 0.5) is 27.8 Å². The number of hydrogen-bond acceptors (Lipinski definition) is 4. The van der Waals surface area contributed by atoms with Gasteiger partial charge in [-0.05, 0) is 13.8 Å². The van der Waals surface area contributed by atoms with Crippen LogP contribution in [0.5, 0.6) is 0 Å². The number of aryl methyl sites for hydroxylation is 1. The van der Waals surface area contributed by atoms with E-state index in [-0.39, 0.29) is 17.3 Å². The minimum atomic E-state index is -4.24. The van der Waals surface area contributed by atoms with Crippen LogP contribution in [0.2, 0.25) is 0 Å². The van der Waals surface area contributed by atoms with Crippen LogP contribution in [0, 0.1) is 12.7 Å². The van der Waals surface area contributed by atoms with E-state index in [1.807, 2.05) is 0 Å². The number of anilines is 1. The number of aromatic nitrogens is 2. The predicted octanol–water partition coefficient (Wildman–Crippen LogP) is 2.77. The lowest BCUT2D eigenvalue weighted by Gasteiger charge is -2.15. The average Bonchev–Trinajstić information content (AvgIpc) is 2.35. The largest absolute Gasteiger partial charge is 0.368 e. The Labute approximate surface area is 112 Å². The van der Waals surface area contributed by atoms with Gasteiger partial charge in [0.1, 0.15) is 13.2 Å². The minimum absolute atomic E-state index is 0.00942. The van der Waals surface area contributed by atoms with E-state index in [0.29, 0.717) is 6.54 Å². The topological polar surface area (TPSA) is 47.0 Å². The number of nitrogens with zero attached hydrogens (tertiary/aromatic N) is 2. The molecule has 0 aromatic carbocycles. The molecule has 1 N–H and O–H groups in total. The molecule has 1 rings (SSSR count). The van der Waals surface area contributed by atoms with Crippen LogP contribution < -0.4 is 5.32 Å². The molecular formula is C11H14F5N3O. The van der Waals surface area contributed by atoms with E-state index in [0.717, 1.165) is 0 Å². The van der Waals surface area contributed by atoms with Gasteiger partial charge in [-0.15, -0.1) is 0 Å². The van der Waals surface area contributed by atoms with E-state index in [4.69, 9.17) is 0 Å². The lowest BCUT2D eigenvalue weighted by Crippen LogP contribution is -2.32. The SMILES string of the molecule is CCNc1nc(COCC(F)(F)C(F)F)nc(C)c1F. The molecule has 0 unspecified atom stereocenters. The van der Waals surface area contributed by atoms with E-state index in [9.17, 15) is 22.0 Å². The number of rotatable bonds is 7. The summed E-state index contributed by atoms with van der Waals surface area (Å²) < 4.78 is 67.0. The van der Waals surface area contributed by atoms with E-state index in [2.05, 4.69) is 20.0 Å². The van der Waals surface area contributed by atoms with Crippen molar-refractivity contribution in [3.63, 3.8) is 0 Å². The molecule has 4 nitrogen and oxygen atoms in total. The Morgan fingerprint density at radius 1 is 1.30 bits per heavy atom. The molecule has 0 saturated carbocycles. The summed E-state index contributed by atoms with van der Waals surface area (Å²) in [5.41, 5.74) is 0.00942. The molecule has 0 atom stereocenters. The molecule has 9 heteroatoms. The molecule has 114 valence electrons. The Morgan fingerprint density at radius 3 is 2.50 bits per heavy atom. The summed E-state index contributed by atoms with van der Waals surface area (Å²) in [6, 6.07) is 0. The van der Waals surface area contributed by atoms with Gasteiger partial charge in [-0.3, -0.25) is 0 Å². The summed E-state index contributed by atoms with van der Waals surface area (Å²) in [6.45, 7) is 1.52. The Kier molecular flexibility index (Phi) is 5.61. The van der Waals surface area contributed by atoms with Crippen LogP contribution >= 0.6 is 0 Å². The molecule has 0 bridgehead atoms. The molecule has 0 aliphatic carbocycles. The summed E-state index contributed by atoms with van der Waals surface area (Å²) >= 11 is 0. The van der Waals surface area contributed by atoms with Crippen molar-refractivity contribution in [2.75, 3.05) is 18.5 Å². The van der Waals surface area contributed by atoms with Gasteiger partial charge in [0.15, 0.2) is 17.5 Å². The second-order valence-electron chi connectivity index (χ2n) is 3.97. The van der Waals surface area contributed by atoms with E-state index in [1.54, 1.807) is 6.92 Å². The highest BCUT2D eigenvalue weighted by atomic mass is 19.3. The van der Waals surface area contributed by atoms with Gasteiger partial charge in [-0.2, -0.15) is 8.78 Å². The van der Waals surface area contributed by atoms with Crippen molar-refractivity contribution >= 4 is 5.82 Å². The monoisotopic (exact) mass is 299 g/mol. The van der Waals surface area contributed by atoms with E-state index < -0.39 is 31.4 Å². The summed E-state index contributed by atoms with van der Waals surface area (Å²) in [7, 11) is 0. The first kappa shape index (κ1) is 16.5. The number of alkyl halides is 4. The van der Waals surface area contributed by atoms with Crippen molar-refractivity contribution in [2.24, 2.45) is 0 Å². The third-order valence-electron chi connectivity index (χ3n) is 2.25. The second kappa shape index (κ2) is 6.78. The molecule has 20 heavy (non-hydrogen) atoms. The molecule has 0 spiro atoms. The highest BCUT2D eigenvalue weighted by molar-refractivity contribution is 5.37. The Bertz CT molecular complexity index is 456. The molecule has 1 aromatic rings. The highest BCUT2D eigenvalue weighted by Crippen LogP contribution is 2.23. The van der Waals surface area contributed by atoms with Crippen LogP contribution in [-0.4, -0.2) is 35.5 Å². The summed E-state index contributed by atoms with van der Waals surface area (Å²) in [5.74, 6) is -5.04. The fourth-order valence-corrected chi connectivity index (χ4v) is 1.31. The third kappa shape index (κ3) is 4.26. The number of ether oxygens (including phenoxy) is 1. The molecule has 0 amide bonds. The Balaban J connectivity index is 2.69. The first-order valence-corrected chi connectivity index (χ1v) is 5.78. The number of halogens is 5. The quantitative estimate of drug-likeness (QED) is 0.787. The molecule has 1 heterocycles. The molecular weight excluding hydrogens is 285 g/mol. The fourth-order valence-electron chi connectivity index (χ4n) is 1.31. The molecule has 0 saturated heterocycles. The zero-order chi connectivity index (χ0) is 15.3. The van der Waals surface area contributed by atoms with Crippen LogP contribution in [0.1, 0.15) is 18.4 Å². The van der Waals surface area contributed by atoms with Crippen molar-refractivity contribution in [1.82, 2.24) is 9.97 Å². The molecule has 0 radical (unpaired) electrons. The highest BCUT2D eigenvalue weighted by Gasteiger charge is 2.41. The normalized spacial score (nSPS) is 12.0. The van der Waals surface area contributed by atoms with Crippen molar-refractivity contribution in [2.45, 2.75) is 32.8 Å². The summed E-state index contributed by atoms with van der Waals surface area (Å²) in [4.78, 5) is 7.43. The van der Waals surface area contributed by atoms with Crippen molar-refractivity contribution in [3.8, 4) is 0 Å². The Morgan fingerprint density at radius 2 is 1.95 bits per heavy atom. The molecule has 0 fully saturated rings. The first-order valence-electron chi connectivity index (χ1n) is 5.78. The second-order valence-corrected chi connectivity index (χ2v) is 3.97. The molecule has 0 aliphatic rings. The van der Waals surface area contributed by atoms with E-state index >= 15 is 0 Å². The van der Waals surface area contributed by atoms with Gasteiger partial charge in [0.2, 0.25) is 0 Å². The lowest BCUT2D eigenvalue weighted by atomic mass is 10.3. The van der Waals surface area contributed by atoms with Crippen molar-refractivity contribution in [3.05, 3.63) is 17.3 Å². The number of nitrogens with one attached hydrogen (secondary N) is 1. The van der Waals surface area contributed by atoms with Crippen LogP contribution in [0.3, 0.4) is 0 Å². The van der Waals surface area contributed by atoms with Crippen LogP contribution in [0.15, 0.2) is 0 Å². The predicted molar refractivity (Wildman–Crippen MR) is 61.5 cm³/mol. The van der Waals surface area contributed by atoms with Crippen LogP contribution in [0.25, 0.3) is 0 Å². The van der Waals surface area contributed by atoms with E-state index in [1.165, 1.54) is 6.92 Å². The van der Waals surface area contributed by atoms with Gasteiger partial charge < -0.3 is 10.1 Å².